The van der Waals surface area contributed by atoms with Gasteiger partial charge in [-0.15, -0.1) is 0 Å². The van der Waals surface area contributed by atoms with Crippen LogP contribution in [0.5, 0.6) is 0 Å². The molecule has 0 spiro atoms. The standard InChI is InChI=1S/C8H6N4.2C2H8N2.3ClH.Co/c1-3-9-7(10-4-1)8-11-5-2-6-12-8;2*3-1-2-4;;;;/h1-6H;2*1-4H2;3*1H;/q;;;;;;+3/p-3. The largest absolute Gasteiger partial charge is 3.00 e. The molecule has 0 bridgehead atoms. The zero-order chi connectivity index (χ0) is 15.1. The number of nitrogens with two attached hydrogens (primary N) is 4. The quantitative estimate of drug-likeness (QED) is 0.364. The van der Waals surface area contributed by atoms with E-state index in [0.717, 1.165) is 0 Å². The van der Waals surface area contributed by atoms with Gasteiger partial charge in [-0.05, 0) is 12.1 Å². The predicted molar refractivity (Wildman–Crippen MR) is 79.3 cm³/mol. The molecule has 2 heterocycles. The fourth-order valence-electron chi connectivity index (χ4n) is 0.829. The molecule has 0 unspecified atom stereocenters. The molecule has 0 amide bonds. The van der Waals surface area contributed by atoms with Crippen LogP contribution in [0.25, 0.3) is 11.6 Å². The summed E-state index contributed by atoms with van der Waals surface area (Å²) >= 11 is 0. The summed E-state index contributed by atoms with van der Waals surface area (Å²) in [5.41, 5.74) is 19.6. The van der Waals surface area contributed by atoms with E-state index in [9.17, 15) is 0 Å². The van der Waals surface area contributed by atoms with E-state index in [0.29, 0.717) is 37.8 Å². The second kappa shape index (κ2) is 27.2. The first-order chi connectivity index (χ1) is 9.79. The Kier molecular flexibility index (Phi) is 39.3. The molecule has 0 fully saturated rings. The van der Waals surface area contributed by atoms with Gasteiger partial charge in [0.1, 0.15) is 0 Å². The fraction of sp³-hybridized carbons (Fsp3) is 0.333. The molecule has 0 aliphatic heterocycles. The number of rotatable bonds is 3. The van der Waals surface area contributed by atoms with Gasteiger partial charge in [0.05, 0.1) is 0 Å². The summed E-state index contributed by atoms with van der Waals surface area (Å²) in [6.45, 7) is 2.39. The van der Waals surface area contributed by atoms with Gasteiger partial charge in [-0.1, -0.05) is 0 Å². The van der Waals surface area contributed by atoms with E-state index in [1.54, 1.807) is 36.9 Å². The predicted octanol–water partition coefficient (Wildman–Crippen LogP) is -10.2. The Labute approximate surface area is 171 Å². The van der Waals surface area contributed by atoms with Gasteiger partial charge >= 0.3 is 16.8 Å². The molecule has 2 aromatic rings. The van der Waals surface area contributed by atoms with Crippen molar-refractivity contribution in [1.82, 2.24) is 19.9 Å². The molecule has 0 aliphatic rings. The average molecular weight is 444 g/mol. The van der Waals surface area contributed by atoms with Crippen molar-refractivity contribution in [3.05, 3.63) is 36.9 Å². The maximum absolute atomic E-state index is 4.90. The first kappa shape index (κ1) is 34.7. The summed E-state index contributed by atoms with van der Waals surface area (Å²) in [7, 11) is 0. The molecule has 24 heavy (non-hydrogen) atoms. The van der Waals surface area contributed by atoms with Gasteiger partial charge in [-0.2, -0.15) is 0 Å². The second-order valence-electron chi connectivity index (χ2n) is 3.30. The molecule has 8 nitrogen and oxygen atoms in total. The molecule has 12 heteroatoms. The van der Waals surface area contributed by atoms with Crippen molar-refractivity contribution < 1.29 is 54.0 Å². The van der Waals surface area contributed by atoms with E-state index < -0.39 is 0 Å². The topological polar surface area (TPSA) is 156 Å². The van der Waals surface area contributed by atoms with Crippen LogP contribution in [0.1, 0.15) is 0 Å². The minimum atomic E-state index is 0. The van der Waals surface area contributed by atoms with Crippen LogP contribution in [0.2, 0.25) is 0 Å². The Morgan fingerprint density at radius 2 is 0.750 bits per heavy atom. The number of hydrogen-bond acceptors (Lipinski definition) is 8. The molecule has 0 atom stereocenters. The van der Waals surface area contributed by atoms with E-state index in [1.807, 2.05) is 0 Å². The van der Waals surface area contributed by atoms with E-state index in [2.05, 4.69) is 19.9 Å². The normalized spacial score (nSPS) is 7.33. The summed E-state index contributed by atoms with van der Waals surface area (Å²) in [6.07, 6.45) is 6.66. The molecule has 0 radical (unpaired) electrons. The smallest absolute Gasteiger partial charge is 1.00 e. The van der Waals surface area contributed by atoms with Crippen LogP contribution in [0.15, 0.2) is 36.9 Å². The minimum absolute atomic E-state index is 0. The van der Waals surface area contributed by atoms with Gasteiger partial charge < -0.3 is 60.2 Å². The molecule has 140 valence electrons. The van der Waals surface area contributed by atoms with Crippen LogP contribution in [0.4, 0.5) is 0 Å². The molecule has 0 aromatic carbocycles. The summed E-state index contributed by atoms with van der Waals surface area (Å²) in [5.74, 6) is 1.11. The molecule has 0 aliphatic carbocycles. The SMILES string of the molecule is NCCN.NCCN.[Cl-].[Cl-].[Cl-].[Co+3].c1cnc(-c2ncccn2)nc1. The average Bonchev–Trinajstić information content (AvgIpc) is 2.57. The van der Waals surface area contributed by atoms with Gasteiger partial charge in [0.15, 0.2) is 11.6 Å². The Hall–Kier alpha value is -0.624. The monoisotopic (exact) mass is 442 g/mol. The third-order valence-electron chi connectivity index (χ3n) is 1.66. The van der Waals surface area contributed by atoms with Gasteiger partial charge in [0, 0.05) is 51.0 Å². The maximum atomic E-state index is 4.90. The second-order valence-corrected chi connectivity index (χ2v) is 3.30. The summed E-state index contributed by atoms with van der Waals surface area (Å²) in [4.78, 5) is 16.1. The Morgan fingerprint density at radius 1 is 0.542 bits per heavy atom. The van der Waals surface area contributed by atoms with Crippen LogP contribution in [0.3, 0.4) is 0 Å². The van der Waals surface area contributed by atoms with Crippen LogP contribution in [-0.2, 0) is 16.8 Å². The van der Waals surface area contributed by atoms with E-state index in [4.69, 9.17) is 22.9 Å². The first-order valence-corrected chi connectivity index (χ1v) is 6.14. The third kappa shape index (κ3) is 19.4. The van der Waals surface area contributed by atoms with Crippen molar-refractivity contribution in [3.8, 4) is 11.6 Å². The number of aromatic nitrogens is 4. The van der Waals surface area contributed by atoms with Crippen molar-refractivity contribution in [3.63, 3.8) is 0 Å². The maximum Gasteiger partial charge on any atom is 3.00 e. The zero-order valence-electron chi connectivity index (χ0n) is 12.9. The zero-order valence-corrected chi connectivity index (χ0v) is 16.2. The van der Waals surface area contributed by atoms with Crippen LogP contribution in [0, 0.1) is 0 Å². The van der Waals surface area contributed by atoms with E-state index >= 15 is 0 Å². The Bertz CT molecular complexity index is 382. The molecule has 2 aromatic heterocycles. The summed E-state index contributed by atoms with van der Waals surface area (Å²) < 4.78 is 0. The molecule has 0 saturated heterocycles. The van der Waals surface area contributed by atoms with Crippen LogP contribution in [-0.4, -0.2) is 46.1 Å². The molecular formula is C12H22Cl3CoN8. The van der Waals surface area contributed by atoms with E-state index in [-0.39, 0.29) is 54.0 Å². The fourth-order valence-corrected chi connectivity index (χ4v) is 0.829. The van der Waals surface area contributed by atoms with Crippen molar-refractivity contribution >= 4 is 0 Å². The van der Waals surface area contributed by atoms with Crippen molar-refractivity contribution in [2.24, 2.45) is 22.9 Å². The van der Waals surface area contributed by atoms with Crippen molar-refractivity contribution in [1.29, 1.82) is 0 Å². The van der Waals surface area contributed by atoms with Gasteiger partial charge in [0.2, 0.25) is 0 Å². The van der Waals surface area contributed by atoms with Gasteiger partial charge in [-0.25, -0.2) is 19.9 Å². The molecule has 8 N–H and O–H groups in total. The first-order valence-electron chi connectivity index (χ1n) is 6.14. The minimum Gasteiger partial charge on any atom is -1.00 e. The van der Waals surface area contributed by atoms with Gasteiger partial charge in [-0.3, -0.25) is 0 Å². The van der Waals surface area contributed by atoms with Gasteiger partial charge in [0.25, 0.3) is 0 Å². The van der Waals surface area contributed by atoms with Crippen molar-refractivity contribution in [2.75, 3.05) is 26.2 Å². The number of halogens is 3. The summed E-state index contributed by atoms with van der Waals surface area (Å²) in [6, 6.07) is 3.51. The third-order valence-corrected chi connectivity index (χ3v) is 1.66. The molecule has 0 saturated carbocycles. The Morgan fingerprint density at radius 3 is 0.917 bits per heavy atom. The summed E-state index contributed by atoms with van der Waals surface area (Å²) in [5, 5.41) is 0. The number of hydrogen-bond donors (Lipinski definition) is 4. The van der Waals surface area contributed by atoms with E-state index in [1.165, 1.54) is 0 Å². The van der Waals surface area contributed by atoms with Crippen molar-refractivity contribution in [2.45, 2.75) is 0 Å². The molecule has 2 rings (SSSR count). The van der Waals surface area contributed by atoms with Crippen LogP contribution >= 0.6 is 0 Å². The van der Waals surface area contributed by atoms with Crippen LogP contribution < -0.4 is 60.2 Å². The molecular weight excluding hydrogens is 421 g/mol. The number of nitrogens with zero attached hydrogens (tertiary/aromatic N) is 4. The Balaban J connectivity index is -0.0000000876.